The van der Waals surface area contributed by atoms with Gasteiger partial charge in [0.15, 0.2) is 0 Å². The first-order chi connectivity index (χ1) is 13.1. The molecule has 3 rings (SSSR count). The molecule has 2 aromatic carbocycles. The molecule has 1 aliphatic heterocycles. The van der Waals surface area contributed by atoms with Crippen LogP contribution in [0.15, 0.2) is 48.5 Å². The highest BCUT2D eigenvalue weighted by Gasteiger charge is 2.26. The van der Waals surface area contributed by atoms with Gasteiger partial charge < -0.3 is 10.1 Å². The fourth-order valence-electron chi connectivity index (χ4n) is 3.65. The van der Waals surface area contributed by atoms with Gasteiger partial charge in [-0.25, -0.2) is 0 Å². The Morgan fingerprint density at radius 1 is 1.19 bits per heavy atom. The van der Waals surface area contributed by atoms with Crippen LogP contribution in [0.3, 0.4) is 0 Å². The maximum atomic E-state index is 12.7. The zero-order valence-electron chi connectivity index (χ0n) is 16.0. The summed E-state index contributed by atoms with van der Waals surface area (Å²) in [4.78, 5) is 15.1. The number of amides is 1. The van der Waals surface area contributed by atoms with Crippen molar-refractivity contribution >= 4 is 17.5 Å². The number of para-hydroxylation sites is 1. The largest absolute Gasteiger partial charge is 0.496 e. The number of piperidine rings is 1. The standard InChI is InChI=1S/C22H27ClN2O2/c1-16(19-8-4-6-10-21(19)27-2)24-22(26)17-11-13-25(14-12-17)15-18-7-3-5-9-20(18)23/h3-10,16-17H,11-15H2,1-2H3,(H,24,26)/t16-/m0/s1. The Hall–Kier alpha value is -2.04. The number of hydrogen-bond acceptors (Lipinski definition) is 3. The van der Waals surface area contributed by atoms with E-state index in [4.69, 9.17) is 16.3 Å². The van der Waals surface area contributed by atoms with Crippen LogP contribution in [0.25, 0.3) is 0 Å². The van der Waals surface area contributed by atoms with Crippen molar-refractivity contribution in [1.29, 1.82) is 0 Å². The number of nitrogens with zero attached hydrogens (tertiary/aromatic N) is 1. The molecule has 1 aliphatic rings. The summed E-state index contributed by atoms with van der Waals surface area (Å²) in [6.45, 7) is 4.66. The minimum Gasteiger partial charge on any atom is -0.496 e. The van der Waals surface area contributed by atoms with Gasteiger partial charge in [-0.3, -0.25) is 9.69 Å². The summed E-state index contributed by atoms with van der Waals surface area (Å²) in [5.41, 5.74) is 2.15. The fraction of sp³-hybridized carbons (Fsp3) is 0.409. The number of methoxy groups -OCH3 is 1. The Morgan fingerprint density at radius 3 is 2.56 bits per heavy atom. The molecule has 1 amide bonds. The van der Waals surface area contributed by atoms with Gasteiger partial charge in [0.1, 0.15) is 5.75 Å². The third-order valence-corrected chi connectivity index (χ3v) is 5.64. The normalized spacial score (nSPS) is 16.7. The lowest BCUT2D eigenvalue weighted by atomic mass is 9.94. The number of nitrogens with one attached hydrogen (secondary N) is 1. The van der Waals surface area contributed by atoms with Gasteiger partial charge in [-0.05, 0) is 50.6 Å². The van der Waals surface area contributed by atoms with Crippen molar-refractivity contribution in [3.05, 3.63) is 64.7 Å². The van der Waals surface area contributed by atoms with Gasteiger partial charge in [-0.15, -0.1) is 0 Å². The van der Waals surface area contributed by atoms with Crippen LogP contribution >= 0.6 is 11.6 Å². The number of benzene rings is 2. The average Bonchev–Trinajstić information content (AvgIpc) is 2.70. The Balaban J connectivity index is 1.52. The van der Waals surface area contributed by atoms with Crippen LogP contribution in [0.5, 0.6) is 5.75 Å². The third-order valence-electron chi connectivity index (χ3n) is 5.27. The number of halogens is 1. The van der Waals surface area contributed by atoms with Crippen LogP contribution in [0.2, 0.25) is 5.02 Å². The first-order valence-corrected chi connectivity index (χ1v) is 9.85. The van der Waals surface area contributed by atoms with E-state index >= 15 is 0 Å². The molecule has 144 valence electrons. The van der Waals surface area contributed by atoms with E-state index < -0.39 is 0 Å². The van der Waals surface area contributed by atoms with Crippen molar-refractivity contribution in [1.82, 2.24) is 10.2 Å². The third kappa shape index (κ3) is 5.02. The second-order valence-corrected chi connectivity index (χ2v) is 7.52. The first-order valence-electron chi connectivity index (χ1n) is 9.47. The minimum atomic E-state index is -0.0743. The number of rotatable bonds is 6. The highest BCUT2D eigenvalue weighted by Crippen LogP contribution is 2.26. The molecule has 0 aromatic heterocycles. The van der Waals surface area contributed by atoms with Gasteiger partial charge in [0, 0.05) is 23.0 Å². The molecule has 1 atom stereocenters. The summed E-state index contributed by atoms with van der Waals surface area (Å²) in [5.74, 6) is 0.996. The average molecular weight is 387 g/mol. The van der Waals surface area contributed by atoms with Gasteiger partial charge >= 0.3 is 0 Å². The lowest BCUT2D eigenvalue weighted by Crippen LogP contribution is -2.41. The van der Waals surface area contributed by atoms with Crippen LogP contribution in [0.4, 0.5) is 0 Å². The minimum absolute atomic E-state index is 0.0599. The highest BCUT2D eigenvalue weighted by molar-refractivity contribution is 6.31. The summed E-state index contributed by atoms with van der Waals surface area (Å²) >= 11 is 6.26. The molecule has 1 heterocycles. The molecule has 0 spiro atoms. The Morgan fingerprint density at radius 2 is 1.85 bits per heavy atom. The molecule has 27 heavy (non-hydrogen) atoms. The molecule has 1 fully saturated rings. The van der Waals surface area contributed by atoms with Gasteiger partial charge in [0.2, 0.25) is 5.91 Å². The number of likely N-dealkylation sites (tertiary alicyclic amines) is 1. The molecule has 5 heteroatoms. The molecule has 1 saturated heterocycles. The molecule has 1 N–H and O–H groups in total. The van der Waals surface area contributed by atoms with E-state index in [-0.39, 0.29) is 17.9 Å². The van der Waals surface area contributed by atoms with E-state index in [1.165, 1.54) is 0 Å². The second-order valence-electron chi connectivity index (χ2n) is 7.11. The topological polar surface area (TPSA) is 41.6 Å². The maximum absolute atomic E-state index is 12.7. The van der Waals surface area contributed by atoms with Gasteiger partial charge in [-0.1, -0.05) is 48.0 Å². The number of carbonyl (C=O) groups excluding carboxylic acids is 1. The lowest BCUT2D eigenvalue weighted by molar-refractivity contribution is -0.127. The maximum Gasteiger partial charge on any atom is 0.223 e. The van der Waals surface area contributed by atoms with Gasteiger partial charge in [-0.2, -0.15) is 0 Å². The predicted molar refractivity (Wildman–Crippen MR) is 109 cm³/mol. The van der Waals surface area contributed by atoms with Crippen LogP contribution in [-0.4, -0.2) is 31.0 Å². The molecule has 0 radical (unpaired) electrons. The zero-order valence-corrected chi connectivity index (χ0v) is 16.7. The van der Waals surface area contributed by atoms with Crippen LogP contribution in [0, 0.1) is 5.92 Å². The van der Waals surface area contributed by atoms with E-state index in [0.29, 0.717) is 0 Å². The first kappa shape index (κ1) is 19.7. The van der Waals surface area contributed by atoms with Gasteiger partial charge in [0.25, 0.3) is 0 Å². The smallest absolute Gasteiger partial charge is 0.223 e. The Kier molecular flexibility index (Phi) is 6.75. The molecule has 0 unspecified atom stereocenters. The number of hydrogen-bond donors (Lipinski definition) is 1. The molecular formula is C22H27ClN2O2. The van der Waals surface area contributed by atoms with E-state index in [1.54, 1.807) is 7.11 Å². The molecule has 2 aromatic rings. The Labute approximate surface area is 166 Å². The summed E-state index contributed by atoms with van der Waals surface area (Å²) in [6.07, 6.45) is 1.74. The molecule has 4 nitrogen and oxygen atoms in total. The number of carbonyl (C=O) groups is 1. The zero-order chi connectivity index (χ0) is 19.2. The van der Waals surface area contributed by atoms with Crippen LogP contribution in [0.1, 0.15) is 36.9 Å². The van der Waals surface area contributed by atoms with E-state index in [0.717, 1.165) is 54.4 Å². The SMILES string of the molecule is COc1ccccc1[C@H](C)NC(=O)C1CCN(Cc2ccccc2Cl)CC1. The van der Waals surface area contributed by atoms with E-state index in [2.05, 4.69) is 16.3 Å². The monoisotopic (exact) mass is 386 g/mol. The van der Waals surface area contributed by atoms with E-state index in [1.807, 2.05) is 49.4 Å². The number of ether oxygens (including phenoxy) is 1. The molecule has 0 aliphatic carbocycles. The quantitative estimate of drug-likeness (QED) is 0.798. The second kappa shape index (κ2) is 9.25. The molecule has 0 bridgehead atoms. The van der Waals surface area contributed by atoms with Crippen molar-refractivity contribution in [2.24, 2.45) is 5.92 Å². The van der Waals surface area contributed by atoms with Gasteiger partial charge in [0.05, 0.1) is 13.2 Å². The predicted octanol–water partition coefficient (Wildman–Crippen LogP) is 4.44. The fourth-order valence-corrected chi connectivity index (χ4v) is 3.85. The highest BCUT2D eigenvalue weighted by atomic mass is 35.5. The molecular weight excluding hydrogens is 360 g/mol. The van der Waals surface area contributed by atoms with Crippen molar-refractivity contribution in [2.45, 2.75) is 32.4 Å². The Bertz CT molecular complexity index is 772. The summed E-state index contributed by atoms with van der Waals surface area (Å²) in [5, 5.41) is 3.96. The van der Waals surface area contributed by atoms with Crippen molar-refractivity contribution in [2.75, 3.05) is 20.2 Å². The van der Waals surface area contributed by atoms with Crippen LogP contribution < -0.4 is 10.1 Å². The van der Waals surface area contributed by atoms with Crippen molar-refractivity contribution in [3.8, 4) is 5.75 Å². The van der Waals surface area contributed by atoms with Crippen molar-refractivity contribution in [3.63, 3.8) is 0 Å². The van der Waals surface area contributed by atoms with Crippen LogP contribution in [-0.2, 0) is 11.3 Å². The van der Waals surface area contributed by atoms with Crippen molar-refractivity contribution < 1.29 is 9.53 Å². The molecule has 0 saturated carbocycles. The lowest BCUT2D eigenvalue weighted by Gasteiger charge is -2.32. The van der Waals surface area contributed by atoms with E-state index in [9.17, 15) is 4.79 Å². The summed E-state index contributed by atoms with van der Waals surface area (Å²) in [6, 6.07) is 15.7. The summed E-state index contributed by atoms with van der Waals surface area (Å²) < 4.78 is 5.41. The summed E-state index contributed by atoms with van der Waals surface area (Å²) in [7, 11) is 1.65.